The summed E-state index contributed by atoms with van der Waals surface area (Å²) in [5.74, 6) is -0.321. The number of pyridine rings is 1. The zero-order valence-electron chi connectivity index (χ0n) is 14.8. The zero-order valence-corrected chi connectivity index (χ0v) is 17.8. The van der Waals surface area contributed by atoms with Crippen molar-refractivity contribution >= 4 is 47.4 Å². The van der Waals surface area contributed by atoms with Gasteiger partial charge >= 0.3 is 0 Å². The van der Waals surface area contributed by atoms with Crippen molar-refractivity contribution < 1.29 is 8.78 Å². The number of benzene rings is 1. The van der Waals surface area contributed by atoms with E-state index in [2.05, 4.69) is 25.5 Å². The average molecular weight is 508 g/mol. The van der Waals surface area contributed by atoms with Crippen LogP contribution in [0.1, 0.15) is 12.0 Å². The topological polar surface area (TPSA) is 52.6 Å². The van der Waals surface area contributed by atoms with Crippen molar-refractivity contribution in [1.29, 1.82) is 0 Å². The van der Waals surface area contributed by atoms with E-state index in [0.29, 0.717) is 23.1 Å². The lowest BCUT2D eigenvalue weighted by atomic mass is 10.2. The second kappa shape index (κ2) is 10.0. The van der Waals surface area contributed by atoms with Crippen LogP contribution in [0.25, 0.3) is 0 Å². The van der Waals surface area contributed by atoms with E-state index in [1.807, 2.05) is 12.1 Å². The number of anilines is 1. The molecule has 2 N–H and O–H groups in total. The predicted molar refractivity (Wildman–Crippen MR) is 115 cm³/mol. The van der Waals surface area contributed by atoms with Crippen molar-refractivity contribution in [1.82, 2.24) is 15.6 Å². The maximum absolute atomic E-state index is 13.3. The molecule has 5 nitrogen and oxygen atoms in total. The number of hydrogen-bond donors (Lipinski definition) is 2. The first-order valence-electron chi connectivity index (χ1n) is 8.33. The molecule has 0 radical (unpaired) electrons. The zero-order chi connectivity index (χ0) is 18.5. The highest BCUT2D eigenvalue weighted by Crippen LogP contribution is 2.25. The van der Waals surface area contributed by atoms with E-state index in [1.54, 1.807) is 19.3 Å². The molecule has 0 saturated carbocycles. The van der Waals surface area contributed by atoms with Crippen molar-refractivity contribution in [2.75, 3.05) is 25.0 Å². The Morgan fingerprint density at radius 3 is 2.85 bits per heavy atom. The molecule has 0 bridgehead atoms. The number of aliphatic imine (C=N–C) groups is 1. The van der Waals surface area contributed by atoms with E-state index in [0.717, 1.165) is 31.4 Å². The van der Waals surface area contributed by atoms with Gasteiger partial charge in [-0.1, -0.05) is 17.7 Å². The van der Waals surface area contributed by atoms with Gasteiger partial charge in [0.25, 0.3) is 0 Å². The first-order valence-corrected chi connectivity index (χ1v) is 8.71. The average Bonchev–Trinajstić information content (AvgIpc) is 3.10. The minimum atomic E-state index is -0.856. The summed E-state index contributed by atoms with van der Waals surface area (Å²) in [6, 6.07) is 7.65. The fourth-order valence-electron chi connectivity index (χ4n) is 2.90. The summed E-state index contributed by atoms with van der Waals surface area (Å²) in [6.07, 6.45) is 2.64. The van der Waals surface area contributed by atoms with Gasteiger partial charge in [0.1, 0.15) is 5.82 Å². The van der Waals surface area contributed by atoms with Crippen LogP contribution in [-0.2, 0) is 6.54 Å². The molecule has 0 spiro atoms. The Bertz CT molecular complexity index is 805. The van der Waals surface area contributed by atoms with Gasteiger partial charge < -0.3 is 15.5 Å². The first-order chi connectivity index (χ1) is 12.6. The van der Waals surface area contributed by atoms with Crippen LogP contribution in [0.5, 0.6) is 0 Å². The summed E-state index contributed by atoms with van der Waals surface area (Å²) in [5, 5.41) is 7.09. The molecule has 146 valence electrons. The van der Waals surface area contributed by atoms with Crippen LogP contribution in [-0.4, -0.2) is 37.1 Å². The summed E-state index contributed by atoms with van der Waals surface area (Å²) < 4.78 is 26.3. The molecular weight excluding hydrogens is 487 g/mol. The molecule has 1 aromatic carbocycles. The molecule has 9 heteroatoms. The van der Waals surface area contributed by atoms with E-state index in [4.69, 9.17) is 11.6 Å². The fraction of sp³-hybridized carbons (Fsp3) is 0.333. The molecule has 2 heterocycles. The van der Waals surface area contributed by atoms with Crippen LogP contribution in [0.4, 0.5) is 14.6 Å². The van der Waals surface area contributed by atoms with Gasteiger partial charge in [-0.25, -0.2) is 13.8 Å². The van der Waals surface area contributed by atoms with E-state index in [1.165, 1.54) is 6.07 Å². The minimum absolute atomic E-state index is 0. The molecule has 2 aromatic rings. The molecule has 0 amide bonds. The van der Waals surface area contributed by atoms with Crippen molar-refractivity contribution in [2.24, 2.45) is 4.99 Å². The number of rotatable bonds is 4. The highest BCUT2D eigenvalue weighted by Gasteiger charge is 2.25. The molecule has 1 aliphatic heterocycles. The number of aromatic nitrogens is 1. The van der Waals surface area contributed by atoms with Gasteiger partial charge in [0, 0.05) is 38.9 Å². The first kappa shape index (κ1) is 21.6. The van der Waals surface area contributed by atoms with Gasteiger partial charge in [0.15, 0.2) is 17.6 Å². The predicted octanol–water partition coefficient (Wildman–Crippen LogP) is 3.58. The van der Waals surface area contributed by atoms with E-state index in [9.17, 15) is 8.78 Å². The van der Waals surface area contributed by atoms with Crippen molar-refractivity contribution in [3.63, 3.8) is 0 Å². The van der Waals surface area contributed by atoms with Crippen LogP contribution in [0.15, 0.2) is 41.5 Å². The number of halogens is 4. The van der Waals surface area contributed by atoms with Crippen LogP contribution in [0.2, 0.25) is 5.02 Å². The van der Waals surface area contributed by atoms with Crippen molar-refractivity contribution in [2.45, 2.75) is 19.0 Å². The second-order valence-corrected chi connectivity index (χ2v) is 6.47. The molecule has 1 atom stereocenters. The molecule has 1 aromatic heterocycles. The summed E-state index contributed by atoms with van der Waals surface area (Å²) in [6.45, 7) is 1.94. The van der Waals surface area contributed by atoms with Crippen LogP contribution in [0.3, 0.4) is 0 Å². The Morgan fingerprint density at radius 2 is 2.15 bits per heavy atom. The summed E-state index contributed by atoms with van der Waals surface area (Å²) in [4.78, 5) is 10.7. The molecular formula is C18H21ClF2IN5. The maximum Gasteiger partial charge on any atom is 0.191 e. The normalized spacial score (nSPS) is 16.8. The molecule has 1 saturated heterocycles. The van der Waals surface area contributed by atoms with Gasteiger partial charge in [-0.3, -0.25) is 4.99 Å². The lowest BCUT2D eigenvalue weighted by Gasteiger charge is -2.20. The van der Waals surface area contributed by atoms with Gasteiger partial charge in [-0.15, -0.1) is 24.0 Å². The Balaban J connectivity index is 0.00000261. The highest BCUT2D eigenvalue weighted by atomic mass is 127. The summed E-state index contributed by atoms with van der Waals surface area (Å²) in [7, 11) is 1.67. The van der Waals surface area contributed by atoms with Crippen LogP contribution in [0, 0.1) is 11.6 Å². The Hall–Kier alpha value is -1.68. The fourth-order valence-corrected chi connectivity index (χ4v) is 3.14. The second-order valence-electron chi connectivity index (χ2n) is 6.06. The molecule has 1 aliphatic rings. The number of guanidine groups is 1. The third-order valence-electron chi connectivity index (χ3n) is 4.24. The van der Waals surface area contributed by atoms with Gasteiger partial charge in [0.05, 0.1) is 5.02 Å². The summed E-state index contributed by atoms with van der Waals surface area (Å²) >= 11 is 6.21. The summed E-state index contributed by atoms with van der Waals surface area (Å²) in [5.41, 5.74) is 0.639. The van der Waals surface area contributed by atoms with E-state index in [-0.39, 0.29) is 30.0 Å². The third kappa shape index (κ3) is 5.65. The van der Waals surface area contributed by atoms with Crippen LogP contribution < -0.4 is 15.5 Å². The Morgan fingerprint density at radius 1 is 1.33 bits per heavy atom. The molecule has 1 unspecified atom stereocenters. The van der Waals surface area contributed by atoms with E-state index < -0.39 is 11.6 Å². The molecule has 27 heavy (non-hydrogen) atoms. The Labute approximate surface area is 179 Å². The number of nitrogens with one attached hydrogen (secondary N) is 2. The smallest absolute Gasteiger partial charge is 0.191 e. The van der Waals surface area contributed by atoms with Crippen molar-refractivity contribution in [3.05, 3.63) is 58.7 Å². The third-order valence-corrected chi connectivity index (χ3v) is 4.53. The highest BCUT2D eigenvalue weighted by molar-refractivity contribution is 14.0. The van der Waals surface area contributed by atoms with E-state index >= 15 is 0 Å². The molecule has 3 rings (SSSR count). The molecule has 1 fully saturated rings. The van der Waals surface area contributed by atoms with Gasteiger partial charge in [-0.2, -0.15) is 0 Å². The lowest BCUT2D eigenvalue weighted by molar-refractivity contribution is 0.506. The lowest BCUT2D eigenvalue weighted by Crippen LogP contribution is -2.44. The molecule has 0 aliphatic carbocycles. The van der Waals surface area contributed by atoms with Crippen molar-refractivity contribution in [3.8, 4) is 0 Å². The number of nitrogens with zero attached hydrogens (tertiary/aromatic N) is 3. The van der Waals surface area contributed by atoms with Gasteiger partial charge in [0.2, 0.25) is 0 Å². The number of hydrogen-bond acceptors (Lipinski definition) is 3. The van der Waals surface area contributed by atoms with Gasteiger partial charge in [-0.05, 0) is 36.2 Å². The quantitative estimate of drug-likeness (QED) is 0.377. The minimum Gasteiger partial charge on any atom is -0.353 e. The Kier molecular flexibility index (Phi) is 8.03. The maximum atomic E-state index is 13.3. The largest absolute Gasteiger partial charge is 0.353 e. The van der Waals surface area contributed by atoms with Crippen LogP contribution >= 0.6 is 35.6 Å². The monoisotopic (exact) mass is 507 g/mol. The standard InChI is InChI=1S/C18H20ClF2N5.HI/c1-22-18(24-10-12-4-5-15(20)16(21)9-12)25-13-6-8-26(11-13)17-14(19)3-2-7-23-17;/h2-5,7,9,13H,6,8,10-11H2,1H3,(H2,22,24,25);1H. The SMILES string of the molecule is CN=C(NCc1ccc(F)c(F)c1)NC1CCN(c2ncccc2Cl)C1.I.